The van der Waals surface area contributed by atoms with Crippen LogP contribution in [0.15, 0.2) is 12.4 Å². The first-order valence-electron chi connectivity index (χ1n) is 7.83. The summed E-state index contributed by atoms with van der Waals surface area (Å²) in [6, 6.07) is 0. The maximum atomic E-state index is 13.8. The maximum absolute atomic E-state index is 13.8. The molecule has 0 aliphatic carbocycles. The number of halogens is 1. The number of imidazole rings is 1. The Labute approximate surface area is 117 Å². The SMILES string of the molecule is CCCCCCCC(C)(CCCC)n1ccnc1F. The van der Waals surface area contributed by atoms with Gasteiger partial charge in [-0.3, -0.25) is 0 Å². The minimum absolute atomic E-state index is 0.108. The predicted octanol–water partition coefficient (Wildman–Crippen LogP) is 5.29. The zero-order valence-corrected chi connectivity index (χ0v) is 12.8. The summed E-state index contributed by atoms with van der Waals surface area (Å²) in [6.45, 7) is 6.59. The smallest absolute Gasteiger partial charge is 0.289 e. The summed E-state index contributed by atoms with van der Waals surface area (Å²) in [7, 11) is 0. The van der Waals surface area contributed by atoms with Gasteiger partial charge in [0.15, 0.2) is 0 Å². The number of hydrogen-bond donors (Lipinski definition) is 0. The molecule has 0 saturated heterocycles. The van der Waals surface area contributed by atoms with Crippen LogP contribution in [0.1, 0.15) is 78.6 Å². The van der Waals surface area contributed by atoms with Gasteiger partial charge in [-0.25, -0.2) is 4.98 Å². The highest BCUT2D eigenvalue weighted by Crippen LogP contribution is 2.30. The van der Waals surface area contributed by atoms with Crippen LogP contribution in [0, 0.1) is 6.08 Å². The summed E-state index contributed by atoms with van der Waals surface area (Å²) in [5, 5.41) is 0. The molecule has 1 rings (SSSR count). The fourth-order valence-electron chi connectivity index (χ4n) is 2.72. The van der Waals surface area contributed by atoms with E-state index < -0.39 is 0 Å². The van der Waals surface area contributed by atoms with E-state index in [1.165, 1.54) is 32.1 Å². The van der Waals surface area contributed by atoms with E-state index in [0.29, 0.717) is 0 Å². The summed E-state index contributed by atoms with van der Waals surface area (Å²) in [6.07, 6.45) is 13.7. The van der Waals surface area contributed by atoms with Gasteiger partial charge in [0.1, 0.15) is 0 Å². The second-order valence-corrected chi connectivity index (χ2v) is 5.83. The molecular weight excluding hydrogens is 239 g/mol. The zero-order valence-electron chi connectivity index (χ0n) is 12.8. The third-order valence-electron chi connectivity index (χ3n) is 4.07. The van der Waals surface area contributed by atoms with Crippen molar-refractivity contribution in [2.24, 2.45) is 0 Å². The molecule has 110 valence electrons. The lowest BCUT2D eigenvalue weighted by atomic mass is 9.88. The summed E-state index contributed by atoms with van der Waals surface area (Å²) >= 11 is 0. The van der Waals surface area contributed by atoms with Gasteiger partial charge in [0.05, 0.1) is 0 Å². The fourth-order valence-corrected chi connectivity index (χ4v) is 2.72. The van der Waals surface area contributed by atoms with Crippen LogP contribution >= 0.6 is 0 Å². The van der Waals surface area contributed by atoms with Gasteiger partial charge in [-0.05, 0) is 19.8 Å². The largest absolute Gasteiger partial charge is 0.302 e. The second kappa shape index (κ2) is 8.34. The van der Waals surface area contributed by atoms with Crippen LogP contribution in [-0.2, 0) is 5.54 Å². The topological polar surface area (TPSA) is 17.8 Å². The molecule has 1 atom stereocenters. The average molecular weight is 268 g/mol. The molecule has 2 nitrogen and oxygen atoms in total. The van der Waals surface area contributed by atoms with Crippen LogP contribution in [0.25, 0.3) is 0 Å². The van der Waals surface area contributed by atoms with E-state index in [2.05, 4.69) is 25.8 Å². The molecule has 1 heterocycles. The highest BCUT2D eigenvalue weighted by Gasteiger charge is 2.27. The third kappa shape index (κ3) is 4.96. The normalized spacial score (nSPS) is 14.5. The van der Waals surface area contributed by atoms with Crippen molar-refractivity contribution in [3.8, 4) is 0 Å². The van der Waals surface area contributed by atoms with Gasteiger partial charge in [0.25, 0.3) is 6.08 Å². The molecule has 0 saturated carbocycles. The fraction of sp³-hybridized carbons (Fsp3) is 0.812. The lowest BCUT2D eigenvalue weighted by Crippen LogP contribution is -2.31. The standard InChI is InChI=1S/C16H29FN2/c1-4-6-8-9-10-12-16(3,11-7-5-2)19-14-13-18-15(19)17/h13-14H,4-12H2,1-3H3. The molecule has 1 aromatic rings. The van der Waals surface area contributed by atoms with Gasteiger partial charge in [0, 0.05) is 17.9 Å². The van der Waals surface area contributed by atoms with Crippen molar-refractivity contribution in [2.75, 3.05) is 0 Å². The first-order valence-corrected chi connectivity index (χ1v) is 7.83. The van der Waals surface area contributed by atoms with Crippen LogP contribution in [0.3, 0.4) is 0 Å². The van der Waals surface area contributed by atoms with Crippen LogP contribution in [0.5, 0.6) is 0 Å². The number of nitrogens with zero attached hydrogens (tertiary/aromatic N) is 2. The van der Waals surface area contributed by atoms with E-state index in [4.69, 9.17) is 0 Å². The van der Waals surface area contributed by atoms with Crippen molar-refractivity contribution >= 4 is 0 Å². The molecule has 0 spiro atoms. The van der Waals surface area contributed by atoms with E-state index >= 15 is 0 Å². The first-order chi connectivity index (χ1) is 9.14. The summed E-state index contributed by atoms with van der Waals surface area (Å²) in [4.78, 5) is 3.74. The first kappa shape index (κ1) is 16.2. The third-order valence-corrected chi connectivity index (χ3v) is 4.07. The monoisotopic (exact) mass is 268 g/mol. The van der Waals surface area contributed by atoms with Gasteiger partial charge in [-0.15, -0.1) is 0 Å². The molecule has 1 unspecified atom stereocenters. The molecule has 0 aliphatic rings. The molecule has 19 heavy (non-hydrogen) atoms. The van der Waals surface area contributed by atoms with Gasteiger partial charge in [-0.2, -0.15) is 4.39 Å². The number of aromatic nitrogens is 2. The van der Waals surface area contributed by atoms with E-state index in [0.717, 1.165) is 25.7 Å². The van der Waals surface area contributed by atoms with Crippen LogP contribution in [0.4, 0.5) is 4.39 Å². The molecule has 0 aromatic carbocycles. The lowest BCUT2D eigenvalue weighted by molar-refractivity contribution is 0.221. The van der Waals surface area contributed by atoms with Gasteiger partial charge < -0.3 is 4.57 Å². The van der Waals surface area contributed by atoms with Gasteiger partial charge >= 0.3 is 0 Å². The molecule has 0 fully saturated rings. The minimum Gasteiger partial charge on any atom is -0.302 e. The maximum Gasteiger partial charge on any atom is 0.289 e. The Balaban J connectivity index is 2.58. The molecule has 0 radical (unpaired) electrons. The highest BCUT2D eigenvalue weighted by atomic mass is 19.1. The Bertz CT molecular complexity index is 348. The number of rotatable bonds is 10. The van der Waals surface area contributed by atoms with Crippen molar-refractivity contribution in [3.63, 3.8) is 0 Å². The minimum atomic E-state index is -0.341. The predicted molar refractivity (Wildman–Crippen MR) is 78.7 cm³/mol. The van der Waals surface area contributed by atoms with E-state index in [1.807, 2.05) is 0 Å². The second-order valence-electron chi connectivity index (χ2n) is 5.83. The van der Waals surface area contributed by atoms with Gasteiger partial charge in [-0.1, -0.05) is 58.8 Å². The van der Waals surface area contributed by atoms with E-state index in [9.17, 15) is 4.39 Å². The molecule has 3 heteroatoms. The number of unbranched alkanes of at least 4 members (excludes halogenated alkanes) is 5. The van der Waals surface area contributed by atoms with Crippen molar-refractivity contribution in [2.45, 2.75) is 84.1 Å². The Morgan fingerprint density at radius 1 is 1.05 bits per heavy atom. The van der Waals surface area contributed by atoms with Crippen molar-refractivity contribution < 1.29 is 4.39 Å². The molecule has 0 amide bonds. The van der Waals surface area contributed by atoms with Crippen LogP contribution in [0.2, 0.25) is 0 Å². The highest BCUT2D eigenvalue weighted by molar-refractivity contribution is 4.90. The van der Waals surface area contributed by atoms with E-state index in [1.54, 1.807) is 17.0 Å². The van der Waals surface area contributed by atoms with Crippen LogP contribution in [-0.4, -0.2) is 9.55 Å². The molecule has 0 bridgehead atoms. The number of hydrogen-bond acceptors (Lipinski definition) is 1. The Morgan fingerprint density at radius 3 is 2.26 bits per heavy atom. The summed E-state index contributed by atoms with van der Waals surface area (Å²) in [5.41, 5.74) is -0.108. The van der Waals surface area contributed by atoms with Crippen molar-refractivity contribution in [1.29, 1.82) is 0 Å². The summed E-state index contributed by atoms with van der Waals surface area (Å²) in [5.74, 6) is 0. The van der Waals surface area contributed by atoms with E-state index in [-0.39, 0.29) is 11.6 Å². The average Bonchev–Trinajstić information content (AvgIpc) is 2.83. The molecule has 0 aliphatic heterocycles. The molecule has 1 aromatic heterocycles. The van der Waals surface area contributed by atoms with Crippen LogP contribution < -0.4 is 0 Å². The van der Waals surface area contributed by atoms with Gasteiger partial charge in [0.2, 0.25) is 0 Å². The van der Waals surface area contributed by atoms with Crippen molar-refractivity contribution in [1.82, 2.24) is 9.55 Å². The molecule has 0 N–H and O–H groups in total. The zero-order chi connectivity index (χ0) is 14.1. The Morgan fingerprint density at radius 2 is 1.68 bits per heavy atom. The summed E-state index contributed by atoms with van der Waals surface area (Å²) < 4.78 is 15.5. The van der Waals surface area contributed by atoms with Crippen molar-refractivity contribution in [3.05, 3.63) is 18.5 Å². The Kier molecular flexibility index (Phi) is 7.11. The Hall–Kier alpha value is -0.860. The molecular formula is C16H29FN2. The lowest BCUT2D eigenvalue weighted by Gasteiger charge is -2.31. The quantitative estimate of drug-likeness (QED) is 0.527.